The van der Waals surface area contributed by atoms with Crippen molar-refractivity contribution in [2.75, 3.05) is 13.2 Å². The van der Waals surface area contributed by atoms with Crippen LogP contribution >= 0.6 is 0 Å². The van der Waals surface area contributed by atoms with Crippen molar-refractivity contribution in [3.05, 3.63) is 0 Å². The number of halogens is 1. The zero-order valence-corrected chi connectivity index (χ0v) is 9.79. The highest BCUT2D eigenvalue weighted by Crippen LogP contribution is 2.66. The van der Waals surface area contributed by atoms with Gasteiger partial charge in [-0.2, -0.15) is 0 Å². The number of nitrogens with zero attached hydrogens (tertiary/aromatic N) is 1. The van der Waals surface area contributed by atoms with Crippen LogP contribution in [0.4, 0.5) is 4.39 Å². The van der Waals surface area contributed by atoms with E-state index in [9.17, 15) is 14.0 Å². The second kappa shape index (κ2) is 3.21. The number of carbonyl (C=O) groups is 2. The highest BCUT2D eigenvalue weighted by atomic mass is 19.1. The first-order valence-electron chi connectivity index (χ1n) is 6.54. The average molecular weight is 242 g/mol. The summed E-state index contributed by atoms with van der Waals surface area (Å²) in [4.78, 5) is 25.5. The molecule has 3 aliphatic rings. The molecule has 1 spiro atoms. The molecule has 1 amide bonds. The summed E-state index contributed by atoms with van der Waals surface area (Å²) in [6, 6.07) is 0. The van der Waals surface area contributed by atoms with E-state index in [4.69, 9.17) is 6.11 Å². The van der Waals surface area contributed by atoms with E-state index in [1.54, 1.807) is 6.92 Å². The van der Waals surface area contributed by atoms with Gasteiger partial charge in [-0.3, -0.25) is 4.79 Å². The number of hydrogen-bond donors (Lipinski definition) is 0. The summed E-state index contributed by atoms with van der Waals surface area (Å²) in [5.74, 6) is -0.743. The van der Waals surface area contributed by atoms with E-state index >= 15 is 0 Å². The van der Waals surface area contributed by atoms with E-state index < -0.39 is 23.1 Å². The maximum absolute atomic E-state index is 14.0. The zero-order valence-electron chi connectivity index (χ0n) is 10.8. The molecule has 2 aliphatic heterocycles. The average Bonchev–Trinajstić information content (AvgIpc) is 2.92. The second-order valence-electron chi connectivity index (χ2n) is 5.21. The molecule has 3 fully saturated rings. The van der Waals surface area contributed by atoms with Crippen LogP contribution in [-0.2, 0) is 14.3 Å². The number of fused-ring (bicyclic) bond motifs is 2. The van der Waals surface area contributed by atoms with Gasteiger partial charge < -0.3 is 9.64 Å². The number of carbonyl (C=O) groups excluding carboxylic acids is 2. The third-order valence-corrected chi connectivity index (χ3v) is 4.37. The van der Waals surface area contributed by atoms with Crippen LogP contribution in [0.5, 0.6) is 0 Å². The molecule has 0 aromatic carbocycles. The van der Waals surface area contributed by atoms with Gasteiger partial charge in [-0.05, 0) is 19.8 Å². The van der Waals surface area contributed by atoms with Crippen LogP contribution in [0.2, 0.25) is 0 Å². The van der Waals surface area contributed by atoms with Gasteiger partial charge in [0.2, 0.25) is 5.91 Å². The van der Waals surface area contributed by atoms with Crippen molar-refractivity contribution in [2.24, 2.45) is 5.41 Å². The van der Waals surface area contributed by atoms with E-state index in [1.165, 1.54) is 4.90 Å². The van der Waals surface area contributed by atoms with Crippen LogP contribution < -0.4 is 0 Å². The quantitative estimate of drug-likeness (QED) is 0.680. The van der Waals surface area contributed by atoms with Crippen molar-refractivity contribution in [1.29, 1.82) is 0 Å². The summed E-state index contributed by atoms with van der Waals surface area (Å²) in [5, 5.41) is 0. The summed E-state index contributed by atoms with van der Waals surface area (Å²) >= 11 is 0. The minimum absolute atomic E-state index is 0.204. The maximum Gasteiger partial charge on any atom is 0.332 e. The van der Waals surface area contributed by atoms with Gasteiger partial charge in [0, 0.05) is 18.3 Å². The van der Waals surface area contributed by atoms with E-state index in [1.807, 2.05) is 0 Å². The van der Waals surface area contributed by atoms with Crippen molar-refractivity contribution in [1.82, 2.24) is 4.90 Å². The highest BCUT2D eigenvalue weighted by molar-refractivity contribution is 5.95. The molecule has 0 aromatic rings. The Morgan fingerprint density at radius 2 is 2.41 bits per heavy atom. The maximum atomic E-state index is 14.0. The van der Waals surface area contributed by atoms with Gasteiger partial charge in [-0.1, -0.05) is 0 Å². The Morgan fingerprint density at radius 1 is 1.71 bits per heavy atom. The molecule has 2 saturated heterocycles. The third-order valence-electron chi connectivity index (χ3n) is 4.37. The number of ether oxygens (including phenoxy) is 1. The van der Waals surface area contributed by atoms with Gasteiger partial charge in [0.1, 0.15) is 11.7 Å². The molecule has 0 radical (unpaired) electrons. The molecule has 0 aromatic heterocycles. The van der Waals surface area contributed by atoms with Gasteiger partial charge >= 0.3 is 5.97 Å². The standard InChI is InChI=1S/C12H16FNO3/c1-2-17-10(16)12-5-8(13)7-14(12)9(15)6-11(12)3-4-11/h8H,2-7H2,1H3/t8-,12-/m0/s1/i8D. The van der Waals surface area contributed by atoms with Gasteiger partial charge in [0.25, 0.3) is 0 Å². The molecule has 4 nitrogen and oxygen atoms in total. The lowest BCUT2D eigenvalue weighted by atomic mass is 9.79. The van der Waals surface area contributed by atoms with Crippen molar-refractivity contribution >= 4 is 11.9 Å². The van der Waals surface area contributed by atoms with Crippen molar-refractivity contribution < 1.29 is 20.1 Å². The van der Waals surface area contributed by atoms with Crippen LogP contribution in [0.25, 0.3) is 0 Å². The highest BCUT2D eigenvalue weighted by Gasteiger charge is 2.75. The van der Waals surface area contributed by atoms with Crippen LogP contribution in [0.15, 0.2) is 0 Å². The molecule has 0 N–H and O–H groups in total. The van der Waals surface area contributed by atoms with E-state index in [0.717, 1.165) is 12.8 Å². The second-order valence-corrected chi connectivity index (χ2v) is 5.21. The fourth-order valence-electron chi connectivity index (χ4n) is 3.43. The fraction of sp³-hybridized carbons (Fsp3) is 0.833. The zero-order chi connectivity index (χ0) is 13.2. The predicted octanol–water partition coefficient (Wildman–Crippen LogP) is 1.04. The molecule has 94 valence electrons. The molecular formula is C12H16FNO3. The lowest BCUT2D eigenvalue weighted by molar-refractivity contribution is -0.160. The summed E-state index contributed by atoms with van der Waals surface area (Å²) in [7, 11) is 0. The SMILES string of the molecule is [2H][C@@]1(F)CN2C(=O)CC3(CC3)[C@@]2(C(=O)OCC)C1. The number of esters is 1. The molecule has 2 atom stereocenters. The smallest absolute Gasteiger partial charge is 0.332 e. The van der Waals surface area contributed by atoms with Crippen molar-refractivity contribution in [2.45, 2.75) is 44.3 Å². The van der Waals surface area contributed by atoms with Crippen LogP contribution in [0, 0.1) is 5.41 Å². The van der Waals surface area contributed by atoms with Gasteiger partial charge in [0.15, 0.2) is 0 Å². The fourth-order valence-corrected chi connectivity index (χ4v) is 3.43. The lowest BCUT2D eigenvalue weighted by Crippen LogP contribution is -2.53. The first-order chi connectivity index (χ1) is 8.37. The van der Waals surface area contributed by atoms with Crippen LogP contribution in [0.1, 0.15) is 34.0 Å². The first-order valence-corrected chi connectivity index (χ1v) is 6.04. The molecule has 0 unspecified atom stereocenters. The molecular weight excluding hydrogens is 225 g/mol. The Labute approximate surface area is 101 Å². The number of rotatable bonds is 2. The first kappa shape index (κ1) is 9.85. The molecule has 5 heteroatoms. The van der Waals surface area contributed by atoms with Crippen molar-refractivity contribution in [3.63, 3.8) is 0 Å². The third kappa shape index (κ3) is 1.17. The monoisotopic (exact) mass is 242 g/mol. The predicted molar refractivity (Wildman–Crippen MR) is 56.9 cm³/mol. The minimum Gasteiger partial charge on any atom is -0.464 e. The largest absolute Gasteiger partial charge is 0.464 e. The van der Waals surface area contributed by atoms with E-state index in [-0.39, 0.29) is 25.5 Å². The molecule has 0 bridgehead atoms. The van der Waals surface area contributed by atoms with Gasteiger partial charge in [0.05, 0.1) is 14.5 Å². The van der Waals surface area contributed by atoms with E-state index in [2.05, 4.69) is 0 Å². The van der Waals surface area contributed by atoms with E-state index in [0.29, 0.717) is 6.42 Å². The van der Waals surface area contributed by atoms with Crippen LogP contribution in [0.3, 0.4) is 0 Å². The van der Waals surface area contributed by atoms with Crippen LogP contribution in [-0.4, -0.2) is 41.6 Å². The molecule has 3 rings (SSSR count). The molecule has 17 heavy (non-hydrogen) atoms. The lowest BCUT2D eigenvalue weighted by Gasteiger charge is -2.34. The Balaban J connectivity index is 2.05. The molecule has 2 heterocycles. The summed E-state index contributed by atoms with van der Waals surface area (Å²) in [6.45, 7) is 1.58. The molecule has 1 saturated carbocycles. The number of amides is 1. The van der Waals surface area contributed by atoms with Gasteiger partial charge in [-0.15, -0.1) is 0 Å². The summed E-state index contributed by atoms with van der Waals surface area (Å²) in [5.41, 5.74) is -1.68. The molecule has 1 aliphatic carbocycles. The minimum atomic E-state index is -2.24. The number of hydrogen-bond acceptors (Lipinski definition) is 3. The Hall–Kier alpha value is -1.13. The Kier molecular flexibility index (Phi) is 1.86. The topological polar surface area (TPSA) is 46.6 Å². The summed E-state index contributed by atoms with van der Waals surface area (Å²) in [6.07, 6.45) is -0.709. The Morgan fingerprint density at radius 3 is 3.00 bits per heavy atom. The number of alkyl halides is 1. The summed E-state index contributed by atoms with van der Waals surface area (Å²) < 4.78 is 26.6. The van der Waals surface area contributed by atoms with Gasteiger partial charge in [-0.25, -0.2) is 9.18 Å². The Bertz CT molecular complexity index is 435. The normalized spacial score (nSPS) is 42.6. The van der Waals surface area contributed by atoms with Crippen molar-refractivity contribution in [3.8, 4) is 0 Å².